The van der Waals surface area contributed by atoms with E-state index in [0.717, 1.165) is 27.8 Å². The number of amides is 2. The molecule has 38 heavy (non-hydrogen) atoms. The van der Waals surface area contributed by atoms with E-state index >= 15 is 0 Å². The molecule has 2 amide bonds. The number of benzene rings is 3. The van der Waals surface area contributed by atoms with Gasteiger partial charge in [-0.1, -0.05) is 78.9 Å². The molecule has 8 nitrogen and oxygen atoms in total. The molecule has 196 valence electrons. The maximum atomic E-state index is 12.9. The largest absolute Gasteiger partial charge is 0.479 e. The molecule has 0 spiro atoms. The summed E-state index contributed by atoms with van der Waals surface area (Å²) >= 11 is 0. The van der Waals surface area contributed by atoms with Gasteiger partial charge in [0.2, 0.25) is 5.91 Å². The summed E-state index contributed by atoms with van der Waals surface area (Å²) in [4.78, 5) is 39.7. The topological polar surface area (TPSA) is 108 Å². The minimum absolute atomic E-state index is 0.0957. The third-order valence-corrected chi connectivity index (χ3v) is 7.44. The molecule has 3 N–H and O–H groups in total. The summed E-state index contributed by atoms with van der Waals surface area (Å²) < 4.78 is 5.53. The van der Waals surface area contributed by atoms with Crippen molar-refractivity contribution < 1.29 is 24.2 Å². The van der Waals surface area contributed by atoms with Crippen LogP contribution in [-0.2, 0) is 20.9 Å². The lowest BCUT2D eigenvalue weighted by molar-refractivity contribution is -0.147. The summed E-state index contributed by atoms with van der Waals surface area (Å²) in [5.74, 6) is -1.75. The van der Waals surface area contributed by atoms with Crippen LogP contribution in [-0.4, -0.2) is 59.3 Å². The van der Waals surface area contributed by atoms with Gasteiger partial charge in [-0.05, 0) is 41.2 Å². The van der Waals surface area contributed by atoms with Crippen LogP contribution in [0.4, 0.5) is 4.79 Å². The molecule has 2 atom stereocenters. The van der Waals surface area contributed by atoms with Gasteiger partial charge in [0.05, 0.1) is 0 Å². The average Bonchev–Trinajstić information content (AvgIpc) is 3.47. The summed E-state index contributed by atoms with van der Waals surface area (Å²) in [6, 6.07) is 24.9. The molecule has 1 fully saturated rings. The van der Waals surface area contributed by atoms with E-state index < -0.39 is 29.6 Å². The van der Waals surface area contributed by atoms with Gasteiger partial charge in [-0.2, -0.15) is 0 Å². The molecule has 2 aliphatic rings. The fourth-order valence-electron chi connectivity index (χ4n) is 5.42. The van der Waals surface area contributed by atoms with Crippen molar-refractivity contribution in [3.8, 4) is 11.1 Å². The molecule has 1 unspecified atom stereocenters. The Morgan fingerprint density at radius 1 is 0.974 bits per heavy atom. The predicted molar refractivity (Wildman–Crippen MR) is 143 cm³/mol. The number of fused-ring (bicyclic) bond motifs is 3. The zero-order valence-electron chi connectivity index (χ0n) is 21.2. The molecule has 5 rings (SSSR count). The Bertz CT molecular complexity index is 1300. The number of hydrogen-bond donors (Lipinski definition) is 3. The number of ether oxygens (including phenoxy) is 1. The second-order valence-corrected chi connectivity index (χ2v) is 10.0. The second kappa shape index (κ2) is 10.7. The van der Waals surface area contributed by atoms with Gasteiger partial charge in [0, 0.05) is 25.6 Å². The Morgan fingerprint density at radius 2 is 1.58 bits per heavy atom. The fraction of sp³-hybridized carbons (Fsp3) is 0.300. The number of aliphatic carboxylic acids is 1. The van der Waals surface area contributed by atoms with Crippen LogP contribution in [0.2, 0.25) is 0 Å². The van der Waals surface area contributed by atoms with Crippen molar-refractivity contribution in [1.82, 2.24) is 15.5 Å². The summed E-state index contributed by atoms with van der Waals surface area (Å²) in [5.41, 5.74) is 4.10. The first-order valence-electron chi connectivity index (χ1n) is 12.8. The Kier molecular flexibility index (Phi) is 7.15. The Labute approximate surface area is 221 Å². The molecule has 0 bridgehead atoms. The van der Waals surface area contributed by atoms with Gasteiger partial charge in [-0.25, -0.2) is 9.59 Å². The zero-order valence-corrected chi connectivity index (χ0v) is 21.2. The van der Waals surface area contributed by atoms with Crippen molar-refractivity contribution in [1.29, 1.82) is 0 Å². The van der Waals surface area contributed by atoms with E-state index in [9.17, 15) is 19.5 Å². The molecule has 1 saturated heterocycles. The summed E-state index contributed by atoms with van der Waals surface area (Å²) in [6.07, 6.45) is -0.450. The monoisotopic (exact) mass is 513 g/mol. The Hall–Kier alpha value is -4.17. The number of carbonyl (C=O) groups excluding carboxylic acids is 2. The molecule has 0 radical (unpaired) electrons. The third-order valence-electron chi connectivity index (χ3n) is 7.44. The average molecular weight is 514 g/mol. The van der Waals surface area contributed by atoms with Crippen LogP contribution in [0, 0.1) is 0 Å². The highest BCUT2D eigenvalue weighted by molar-refractivity contribution is 5.91. The standard InChI is InChI=1S/C30H31N3O5/c1-20(27(34)32-30(28(35)36)15-16-33(19-30)17-21-9-3-2-4-10-21)31-29(37)38-18-26-24-13-7-5-11-22(24)23-12-6-8-14-25(23)26/h2-14,20,26H,15-19H2,1H3,(H,31,37)(H,32,34)(H,35,36)/t20-,30?/m1/s1. The van der Waals surface area contributed by atoms with E-state index in [1.54, 1.807) is 0 Å². The van der Waals surface area contributed by atoms with Crippen LogP contribution in [0.3, 0.4) is 0 Å². The molecule has 1 aliphatic carbocycles. The zero-order chi connectivity index (χ0) is 26.7. The minimum atomic E-state index is -1.41. The minimum Gasteiger partial charge on any atom is -0.479 e. The highest BCUT2D eigenvalue weighted by Gasteiger charge is 2.46. The van der Waals surface area contributed by atoms with Crippen molar-refractivity contribution in [3.63, 3.8) is 0 Å². The number of nitrogens with one attached hydrogen (secondary N) is 2. The van der Waals surface area contributed by atoms with Crippen molar-refractivity contribution in [2.45, 2.75) is 37.4 Å². The lowest BCUT2D eigenvalue weighted by Crippen LogP contribution is -2.60. The Balaban J connectivity index is 1.17. The van der Waals surface area contributed by atoms with Crippen LogP contribution >= 0.6 is 0 Å². The lowest BCUT2D eigenvalue weighted by Gasteiger charge is -2.28. The van der Waals surface area contributed by atoms with E-state index in [1.165, 1.54) is 6.92 Å². The smallest absolute Gasteiger partial charge is 0.407 e. The van der Waals surface area contributed by atoms with Crippen molar-refractivity contribution in [2.24, 2.45) is 0 Å². The summed E-state index contributed by atoms with van der Waals surface area (Å²) in [7, 11) is 0. The summed E-state index contributed by atoms with van der Waals surface area (Å²) in [5, 5.41) is 15.2. The van der Waals surface area contributed by atoms with Crippen molar-refractivity contribution >= 4 is 18.0 Å². The van der Waals surface area contributed by atoms with Gasteiger partial charge in [-0.15, -0.1) is 0 Å². The van der Waals surface area contributed by atoms with E-state index in [0.29, 0.717) is 13.1 Å². The quantitative estimate of drug-likeness (QED) is 0.423. The first-order chi connectivity index (χ1) is 18.4. The molecule has 1 aliphatic heterocycles. The first-order valence-corrected chi connectivity index (χ1v) is 12.8. The molecule has 0 saturated carbocycles. The number of alkyl carbamates (subject to hydrolysis) is 1. The SMILES string of the molecule is C[C@@H](NC(=O)OCC1c2ccccc2-c2ccccc21)C(=O)NC1(C(=O)O)CCN(Cc2ccccc2)C1. The van der Waals surface area contributed by atoms with Gasteiger partial charge in [0.25, 0.3) is 0 Å². The number of rotatable bonds is 8. The van der Waals surface area contributed by atoms with Crippen molar-refractivity contribution in [2.75, 3.05) is 19.7 Å². The summed E-state index contributed by atoms with van der Waals surface area (Å²) in [6.45, 7) is 2.96. The number of hydrogen-bond acceptors (Lipinski definition) is 5. The van der Waals surface area contributed by atoms with Crippen LogP contribution in [0.1, 0.15) is 36.0 Å². The van der Waals surface area contributed by atoms with E-state index in [4.69, 9.17) is 4.74 Å². The molecule has 3 aromatic carbocycles. The van der Waals surface area contributed by atoms with Crippen LogP contribution in [0.15, 0.2) is 78.9 Å². The highest BCUT2D eigenvalue weighted by atomic mass is 16.5. The molecule has 8 heteroatoms. The lowest BCUT2D eigenvalue weighted by atomic mass is 9.98. The number of carbonyl (C=O) groups is 3. The molecule has 3 aromatic rings. The van der Waals surface area contributed by atoms with Gasteiger partial charge in [-0.3, -0.25) is 9.69 Å². The van der Waals surface area contributed by atoms with Gasteiger partial charge < -0.3 is 20.5 Å². The number of nitrogens with zero attached hydrogens (tertiary/aromatic N) is 1. The maximum Gasteiger partial charge on any atom is 0.407 e. The highest BCUT2D eigenvalue weighted by Crippen LogP contribution is 2.44. The fourth-order valence-corrected chi connectivity index (χ4v) is 5.42. The Morgan fingerprint density at radius 3 is 2.21 bits per heavy atom. The number of carboxylic acids is 1. The third kappa shape index (κ3) is 5.13. The van der Waals surface area contributed by atoms with Crippen molar-refractivity contribution in [3.05, 3.63) is 95.6 Å². The van der Waals surface area contributed by atoms with Crippen LogP contribution in [0.5, 0.6) is 0 Å². The molecule has 0 aromatic heterocycles. The van der Waals surface area contributed by atoms with Crippen LogP contribution in [0.25, 0.3) is 11.1 Å². The van der Waals surface area contributed by atoms with Crippen LogP contribution < -0.4 is 10.6 Å². The van der Waals surface area contributed by atoms with E-state index in [1.807, 2.05) is 71.6 Å². The first kappa shape index (κ1) is 25.5. The molecule has 1 heterocycles. The number of likely N-dealkylation sites (tertiary alicyclic amines) is 1. The second-order valence-electron chi connectivity index (χ2n) is 10.0. The van der Waals surface area contributed by atoms with Gasteiger partial charge in [0.1, 0.15) is 12.6 Å². The predicted octanol–water partition coefficient (Wildman–Crippen LogP) is 3.76. The molecular weight excluding hydrogens is 482 g/mol. The normalized spacial score (nSPS) is 19.3. The molecular formula is C30H31N3O5. The number of carboxylic acid groups (broad SMARTS) is 1. The van der Waals surface area contributed by atoms with Gasteiger partial charge >= 0.3 is 12.1 Å². The van der Waals surface area contributed by atoms with E-state index in [2.05, 4.69) is 22.8 Å². The maximum absolute atomic E-state index is 12.9. The van der Waals surface area contributed by atoms with E-state index in [-0.39, 0.29) is 25.5 Å². The van der Waals surface area contributed by atoms with Gasteiger partial charge in [0.15, 0.2) is 5.54 Å².